The molecule has 3 aromatic rings. The molecule has 0 saturated carbocycles. The quantitative estimate of drug-likeness (QED) is 0.516. The first-order valence-corrected chi connectivity index (χ1v) is 7.84. The van der Waals surface area contributed by atoms with Crippen molar-refractivity contribution in [3.8, 4) is 28.5 Å². The molecular formula is C19H11F3N4O2. The van der Waals surface area contributed by atoms with Gasteiger partial charge in [0, 0.05) is 23.3 Å². The molecule has 0 aliphatic rings. The zero-order valence-corrected chi connectivity index (χ0v) is 14.1. The van der Waals surface area contributed by atoms with E-state index in [0.717, 1.165) is 12.1 Å². The van der Waals surface area contributed by atoms with Crippen LogP contribution in [0, 0.1) is 21.4 Å². The number of nitro groups is 1. The molecule has 1 aromatic heterocycles. The number of rotatable bonds is 3. The Bertz CT molecular complexity index is 1120. The van der Waals surface area contributed by atoms with Gasteiger partial charge in [-0.1, -0.05) is 24.3 Å². The molecule has 1 heterocycles. The lowest BCUT2D eigenvalue weighted by Crippen LogP contribution is -2.05. The highest BCUT2D eigenvalue weighted by atomic mass is 19.4. The monoisotopic (exact) mass is 384 g/mol. The summed E-state index contributed by atoms with van der Waals surface area (Å²) in [6.07, 6.45) is -4.55. The van der Waals surface area contributed by atoms with Crippen molar-refractivity contribution < 1.29 is 18.1 Å². The number of nitro benzene ring substituents is 1. The first-order chi connectivity index (χ1) is 13.2. The number of nitrogens with zero attached hydrogens (tertiary/aromatic N) is 3. The third-order valence-electron chi connectivity index (χ3n) is 4.01. The molecule has 0 saturated heterocycles. The van der Waals surface area contributed by atoms with Gasteiger partial charge in [0.2, 0.25) is 0 Å². The Morgan fingerprint density at radius 2 is 1.75 bits per heavy atom. The average molecular weight is 384 g/mol. The van der Waals surface area contributed by atoms with Crippen LogP contribution < -0.4 is 5.73 Å². The SMILES string of the molecule is N#Cc1c(-c2cccc(C(F)(F)F)c2)cc(-c2cccc([N+](=O)[O-])c2)nc1N. The summed E-state index contributed by atoms with van der Waals surface area (Å²) in [6, 6.07) is 13.3. The fourth-order valence-electron chi connectivity index (χ4n) is 2.70. The second-order valence-corrected chi connectivity index (χ2v) is 5.81. The Balaban J connectivity index is 2.22. The Morgan fingerprint density at radius 3 is 2.39 bits per heavy atom. The molecule has 0 amide bonds. The van der Waals surface area contributed by atoms with E-state index >= 15 is 0 Å². The predicted octanol–water partition coefficient (Wildman–Crippen LogP) is 4.80. The molecule has 0 unspecified atom stereocenters. The largest absolute Gasteiger partial charge is 0.416 e. The molecule has 0 radical (unpaired) electrons. The zero-order chi connectivity index (χ0) is 20.5. The van der Waals surface area contributed by atoms with Crippen LogP contribution in [0.2, 0.25) is 0 Å². The van der Waals surface area contributed by atoms with Crippen LogP contribution in [0.5, 0.6) is 0 Å². The molecule has 0 fully saturated rings. The standard InChI is InChI=1S/C19H11F3N4O2/c20-19(21,22)13-5-1-3-11(7-13)15-9-17(25-18(24)16(15)10-23)12-4-2-6-14(8-12)26(27)28/h1-9H,(H2,24,25). The number of non-ortho nitro benzene ring substituents is 1. The summed E-state index contributed by atoms with van der Waals surface area (Å²) in [4.78, 5) is 14.5. The number of aromatic nitrogens is 1. The summed E-state index contributed by atoms with van der Waals surface area (Å²) in [6.45, 7) is 0. The Labute approximate surface area is 156 Å². The first kappa shape index (κ1) is 18.8. The number of nitriles is 1. The van der Waals surface area contributed by atoms with Crippen LogP contribution in [0.15, 0.2) is 54.6 Å². The molecule has 0 atom stereocenters. The highest BCUT2D eigenvalue weighted by Gasteiger charge is 2.30. The van der Waals surface area contributed by atoms with Gasteiger partial charge in [-0.05, 0) is 23.8 Å². The van der Waals surface area contributed by atoms with Crippen LogP contribution in [-0.4, -0.2) is 9.91 Å². The maximum Gasteiger partial charge on any atom is 0.416 e. The maximum absolute atomic E-state index is 13.0. The molecule has 2 aromatic carbocycles. The van der Waals surface area contributed by atoms with Gasteiger partial charge in [-0.25, -0.2) is 4.98 Å². The second-order valence-electron chi connectivity index (χ2n) is 5.81. The van der Waals surface area contributed by atoms with Crippen molar-refractivity contribution in [1.82, 2.24) is 4.98 Å². The second kappa shape index (κ2) is 7.00. The summed E-state index contributed by atoms with van der Waals surface area (Å²) >= 11 is 0. The van der Waals surface area contributed by atoms with Crippen molar-refractivity contribution in [3.63, 3.8) is 0 Å². The van der Waals surface area contributed by atoms with E-state index in [9.17, 15) is 28.5 Å². The number of hydrogen-bond acceptors (Lipinski definition) is 5. The summed E-state index contributed by atoms with van der Waals surface area (Å²) in [5, 5.41) is 20.4. The van der Waals surface area contributed by atoms with Crippen molar-refractivity contribution in [1.29, 1.82) is 5.26 Å². The molecular weight excluding hydrogens is 373 g/mol. The van der Waals surface area contributed by atoms with Gasteiger partial charge in [0.15, 0.2) is 0 Å². The van der Waals surface area contributed by atoms with Gasteiger partial charge < -0.3 is 5.73 Å². The molecule has 9 heteroatoms. The molecule has 3 rings (SSSR count). The normalized spacial score (nSPS) is 11.1. The van der Waals surface area contributed by atoms with Gasteiger partial charge in [0.1, 0.15) is 17.5 Å². The number of benzene rings is 2. The van der Waals surface area contributed by atoms with Gasteiger partial charge in [-0.15, -0.1) is 0 Å². The number of anilines is 1. The Kier molecular flexibility index (Phi) is 4.71. The van der Waals surface area contributed by atoms with Crippen LogP contribution in [0.4, 0.5) is 24.7 Å². The van der Waals surface area contributed by atoms with E-state index in [1.165, 1.54) is 36.4 Å². The molecule has 28 heavy (non-hydrogen) atoms. The molecule has 0 bridgehead atoms. The average Bonchev–Trinajstić information content (AvgIpc) is 2.67. The fourth-order valence-corrected chi connectivity index (χ4v) is 2.70. The predicted molar refractivity (Wildman–Crippen MR) is 95.9 cm³/mol. The summed E-state index contributed by atoms with van der Waals surface area (Å²) in [5.74, 6) is -0.182. The van der Waals surface area contributed by atoms with E-state index in [2.05, 4.69) is 4.98 Å². The third-order valence-corrected chi connectivity index (χ3v) is 4.01. The number of nitrogen functional groups attached to an aromatic ring is 1. The fraction of sp³-hybridized carbons (Fsp3) is 0.0526. The van der Waals surface area contributed by atoms with Gasteiger partial charge >= 0.3 is 6.18 Å². The Morgan fingerprint density at radius 1 is 1.07 bits per heavy atom. The lowest BCUT2D eigenvalue weighted by Gasteiger charge is -2.12. The molecule has 0 aliphatic heterocycles. The lowest BCUT2D eigenvalue weighted by molar-refractivity contribution is -0.384. The number of halogens is 3. The van der Waals surface area contributed by atoms with E-state index in [0.29, 0.717) is 5.56 Å². The maximum atomic E-state index is 13.0. The van der Waals surface area contributed by atoms with Crippen molar-refractivity contribution >= 4 is 11.5 Å². The van der Waals surface area contributed by atoms with Crippen LogP contribution in [-0.2, 0) is 6.18 Å². The van der Waals surface area contributed by atoms with Crippen LogP contribution in [0.3, 0.4) is 0 Å². The van der Waals surface area contributed by atoms with Crippen LogP contribution >= 0.6 is 0 Å². The van der Waals surface area contributed by atoms with Gasteiger partial charge in [-0.2, -0.15) is 18.4 Å². The van der Waals surface area contributed by atoms with Crippen LogP contribution in [0.1, 0.15) is 11.1 Å². The van der Waals surface area contributed by atoms with Crippen molar-refractivity contribution in [2.75, 3.05) is 5.73 Å². The molecule has 0 spiro atoms. The van der Waals surface area contributed by atoms with E-state index in [1.54, 1.807) is 6.07 Å². The summed E-state index contributed by atoms with van der Waals surface area (Å²) in [5.41, 5.74) is 5.55. The Hall–Kier alpha value is -3.93. The van der Waals surface area contributed by atoms with Gasteiger partial charge in [-0.3, -0.25) is 10.1 Å². The van der Waals surface area contributed by atoms with E-state index in [1.807, 2.05) is 6.07 Å². The summed E-state index contributed by atoms with van der Waals surface area (Å²) in [7, 11) is 0. The van der Waals surface area contributed by atoms with E-state index < -0.39 is 16.7 Å². The van der Waals surface area contributed by atoms with Crippen molar-refractivity contribution in [3.05, 3.63) is 75.8 Å². The molecule has 0 aliphatic carbocycles. The van der Waals surface area contributed by atoms with Gasteiger partial charge in [0.25, 0.3) is 5.69 Å². The minimum absolute atomic E-state index is 0.0755. The highest BCUT2D eigenvalue weighted by Crippen LogP contribution is 2.36. The lowest BCUT2D eigenvalue weighted by atomic mass is 9.97. The highest BCUT2D eigenvalue weighted by molar-refractivity contribution is 5.80. The molecule has 140 valence electrons. The minimum atomic E-state index is -4.55. The van der Waals surface area contributed by atoms with Crippen molar-refractivity contribution in [2.24, 2.45) is 0 Å². The number of pyridine rings is 1. The third kappa shape index (κ3) is 3.61. The minimum Gasteiger partial charge on any atom is -0.383 e. The summed E-state index contributed by atoms with van der Waals surface area (Å²) < 4.78 is 39.1. The van der Waals surface area contributed by atoms with E-state index in [4.69, 9.17) is 5.73 Å². The van der Waals surface area contributed by atoms with Gasteiger partial charge in [0.05, 0.1) is 16.2 Å². The number of nitrogens with two attached hydrogens (primary N) is 1. The topological polar surface area (TPSA) is 106 Å². The smallest absolute Gasteiger partial charge is 0.383 e. The molecule has 6 nitrogen and oxygen atoms in total. The number of hydrogen-bond donors (Lipinski definition) is 1. The van der Waals surface area contributed by atoms with Crippen LogP contribution in [0.25, 0.3) is 22.4 Å². The van der Waals surface area contributed by atoms with E-state index in [-0.39, 0.29) is 33.9 Å². The first-order valence-electron chi connectivity index (χ1n) is 7.84. The zero-order valence-electron chi connectivity index (χ0n) is 14.1. The number of alkyl halides is 3. The van der Waals surface area contributed by atoms with Crippen molar-refractivity contribution in [2.45, 2.75) is 6.18 Å². The molecule has 2 N–H and O–H groups in total.